The fourth-order valence-electron chi connectivity index (χ4n) is 1.66. The van der Waals surface area contributed by atoms with E-state index in [-0.39, 0.29) is 0 Å². The molecular formula is C15H30S3. The lowest BCUT2D eigenvalue weighted by Gasteiger charge is -2.47. The van der Waals surface area contributed by atoms with Gasteiger partial charge in [-0.15, -0.1) is 35.3 Å². The summed E-state index contributed by atoms with van der Waals surface area (Å²) in [6.07, 6.45) is 0. The number of thioether (sulfide) groups is 3. The lowest BCUT2D eigenvalue weighted by atomic mass is 9.99. The van der Waals surface area contributed by atoms with Crippen LogP contribution in [0.3, 0.4) is 0 Å². The maximum atomic E-state index is 2.38. The first-order valence-electron chi connectivity index (χ1n) is 6.78. The van der Waals surface area contributed by atoms with Crippen LogP contribution in [0.25, 0.3) is 0 Å². The minimum absolute atomic E-state index is 0.378. The molecule has 0 unspecified atom stereocenters. The van der Waals surface area contributed by atoms with E-state index in [1.54, 1.807) is 0 Å². The number of rotatable bonds is 0. The second-order valence-corrected chi connectivity index (χ2v) is 13.0. The highest BCUT2D eigenvalue weighted by atomic mass is 32.3. The molecule has 0 atom stereocenters. The molecule has 1 heterocycles. The standard InChI is InChI=1S/C15H30S3/c1-13(2,3)10-16-11(14(4,5)6)18-12(17-10)15(7,8)9/h10-12H,1-9H3. The molecule has 1 aliphatic rings. The van der Waals surface area contributed by atoms with Crippen LogP contribution in [-0.2, 0) is 0 Å². The zero-order chi connectivity index (χ0) is 14.4. The molecule has 0 bridgehead atoms. The topological polar surface area (TPSA) is 0 Å². The summed E-state index contributed by atoms with van der Waals surface area (Å²) in [6.45, 7) is 21.4. The Balaban J connectivity index is 2.93. The van der Waals surface area contributed by atoms with Crippen molar-refractivity contribution in [3.8, 4) is 0 Å². The lowest BCUT2D eigenvalue weighted by Crippen LogP contribution is -2.37. The van der Waals surface area contributed by atoms with Crippen molar-refractivity contribution < 1.29 is 0 Å². The predicted octanol–water partition coefficient (Wildman–Crippen LogP) is 6.32. The quantitative estimate of drug-likeness (QED) is 0.514. The Kier molecular flexibility index (Phi) is 5.17. The van der Waals surface area contributed by atoms with Gasteiger partial charge in [-0.05, 0) is 16.2 Å². The summed E-state index contributed by atoms with van der Waals surface area (Å²) in [5, 5.41) is 0. The molecule has 0 N–H and O–H groups in total. The summed E-state index contributed by atoms with van der Waals surface area (Å²) >= 11 is 6.57. The molecule has 18 heavy (non-hydrogen) atoms. The van der Waals surface area contributed by atoms with Crippen LogP contribution in [-0.4, -0.2) is 13.7 Å². The average molecular weight is 307 g/mol. The minimum Gasteiger partial charge on any atom is -0.132 e. The van der Waals surface area contributed by atoms with E-state index in [1.165, 1.54) is 0 Å². The molecule has 1 fully saturated rings. The number of hydrogen-bond donors (Lipinski definition) is 0. The Bertz CT molecular complexity index is 224. The van der Waals surface area contributed by atoms with E-state index in [9.17, 15) is 0 Å². The van der Waals surface area contributed by atoms with Crippen LogP contribution in [0, 0.1) is 16.2 Å². The van der Waals surface area contributed by atoms with Crippen molar-refractivity contribution in [3.63, 3.8) is 0 Å². The maximum absolute atomic E-state index is 2.38. The second kappa shape index (κ2) is 5.44. The first-order valence-corrected chi connectivity index (χ1v) is 9.61. The van der Waals surface area contributed by atoms with Gasteiger partial charge in [0.2, 0.25) is 0 Å². The van der Waals surface area contributed by atoms with Gasteiger partial charge >= 0.3 is 0 Å². The van der Waals surface area contributed by atoms with E-state index in [2.05, 4.69) is 97.6 Å². The molecule has 0 amide bonds. The fraction of sp³-hybridized carbons (Fsp3) is 1.00. The van der Waals surface area contributed by atoms with E-state index < -0.39 is 0 Å². The van der Waals surface area contributed by atoms with Gasteiger partial charge in [-0.3, -0.25) is 0 Å². The zero-order valence-electron chi connectivity index (χ0n) is 13.5. The SMILES string of the molecule is CC(C)(C)C1SC(C(C)(C)C)SC(C(C)(C)C)S1. The summed E-state index contributed by atoms with van der Waals surface area (Å²) in [5.41, 5.74) is 1.13. The van der Waals surface area contributed by atoms with Crippen LogP contribution in [0.5, 0.6) is 0 Å². The van der Waals surface area contributed by atoms with Crippen LogP contribution in [0.1, 0.15) is 62.3 Å². The van der Waals surface area contributed by atoms with Crippen molar-refractivity contribution in [2.24, 2.45) is 16.2 Å². The molecule has 1 rings (SSSR count). The summed E-state index contributed by atoms with van der Waals surface area (Å²) < 4.78 is 2.10. The largest absolute Gasteiger partial charge is 0.132 e. The highest BCUT2D eigenvalue weighted by molar-refractivity contribution is 8.33. The van der Waals surface area contributed by atoms with E-state index in [1.807, 2.05) is 0 Å². The van der Waals surface area contributed by atoms with Gasteiger partial charge in [-0.2, -0.15) is 0 Å². The first-order chi connectivity index (χ1) is 7.82. The normalized spacial score (nSPS) is 31.5. The molecule has 3 heteroatoms. The smallest absolute Gasteiger partial charge is 0.0573 e. The predicted molar refractivity (Wildman–Crippen MR) is 92.5 cm³/mol. The Morgan fingerprint density at radius 3 is 0.722 bits per heavy atom. The molecule has 0 radical (unpaired) electrons. The van der Waals surface area contributed by atoms with E-state index in [0.717, 1.165) is 0 Å². The minimum atomic E-state index is 0.378. The van der Waals surface area contributed by atoms with Crippen molar-refractivity contribution in [1.29, 1.82) is 0 Å². The molecule has 1 saturated heterocycles. The van der Waals surface area contributed by atoms with Crippen LogP contribution >= 0.6 is 35.3 Å². The van der Waals surface area contributed by atoms with Gasteiger partial charge < -0.3 is 0 Å². The van der Waals surface area contributed by atoms with Gasteiger partial charge in [-0.1, -0.05) is 62.3 Å². The Morgan fingerprint density at radius 2 is 0.611 bits per heavy atom. The summed E-state index contributed by atoms with van der Waals surface area (Å²) in [6, 6.07) is 0. The molecule has 0 aromatic rings. The van der Waals surface area contributed by atoms with Gasteiger partial charge in [0.1, 0.15) is 0 Å². The van der Waals surface area contributed by atoms with Gasteiger partial charge in [0.15, 0.2) is 0 Å². The van der Waals surface area contributed by atoms with Crippen LogP contribution in [0.15, 0.2) is 0 Å². The molecular weight excluding hydrogens is 276 g/mol. The third kappa shape index (κ3) is 4.56. The highest BCUT2D eigenvalue weighted by Gasteiger charge is 2.44. The third-order valence-corrected chi connectivity index (χ3v) is 10.6. The van der Waals surface area contributed by atoms with Crippen molar-refractivity contribution >= 4 is 35.3 Å². The van der Waals surface area contributed by atoms with E-state index in [4.69, 9.17) is 0 Å². The molecule has 0 aromatic heterocycles. The Hall–Kier alpha value is 1.05. The molecule has 0 saturated carbocycles. The van der Waals surface area contributed by atoms with Gasteiger partial charge in [0.25, 0.3) is 0 Å². The van der Waals surface area contributed by atoms with Crippen LogP contribution in [0.2, 0.25) is 0 Å². The number of hydrogen-bond acceptors (Lipinski definition) is 3. The summed E-state index contributed by atoms with van der Waals surface area (Å²) in [7, 11) is 0. The molecule has 108 valence electrons. The lowest BCUT2D eigenvalue weighted by molar-refractivity contribution is 0.423. The highest BCUT2D eigenvalue weighted by Crippen LogP contribution is 2.60. The Morgan fingerprint density at radius 1 is 0.444 bits per heavy atom. The zero-order valence-corrected chi connectivity index (χ0v) is 15.9. The third-order valence-electron chi connectivity index (χ3n) is 2.86. The van der Waals surface area contributed by atoms with Crippen molar-refractivity contribution in [2.45, 2.75) is 76.1 Å². The molecule has 0 nitrogen and oxygen atoms in total. The van der Waals surface area contributed by atoms with Crippen molar-refractivity contribution in [2.75, 3.05) is 0 Å². The van der Waals surface area contributed by atoms with E-state index >= 15 is 0 Å². The monoisotopic (exact) mass is 306 g/mol. The molecule has 0 spiro atoms. The van der Waals surface area contributed by atoms with Crippen LogP contribution < -0.4 is 0 Å². The average Bonchev–Trinajstić information content (AvgIpc) is 2.13. The van der Waals surface area contributed by atoms with Gasteiger partial charge in [-0.25, -0.2) is 0 Å². The maximum Gasteiger partial charge on any atom is 0.0573 e. The molecule has 0 aromatic carbocycles. The summed E-state index contributed by atoms with van der Waals surface area (Å²) in [5.74, 6) is 0. The first kappa shape index (κ1) is 17.1. The second-order valence-electron chi connectivity index (χ2n) is 8.50. The summed E-state index contributed by atoms with van der Waals surface area (Å²) in [4.78, 5) is 0. The molecule has 1 aliphatic heterocycles. The molecule has 0 aliphatic carbocycles. The van der Waals surface area contributed by atoms with Crippen molar-refractivity contribution in [3.05, 3.63) is 0 Å². The van der Waals surface area contributed by atoms with Gasteiger partial charge in [0.05, 0.1) is 13.7 Å². The van der Waals surface area contributed by atoms with Crippen LogP contribution in [0.4, 0.5) is 0 Å². The van der Waals surface area contributed by atoms with Crippen molar-refractivity contribution in [1.82, 2.24) is 0 Å². The van der Waals surface area contributed by atoms with E-state index in [0.29, 0.717) is 30.0 Å². The fourth-order valence-corrected chi connectivity index (χ4v) is 8.18. The Labute approximate surface area is 127 Å². The van der Waals surface area contributed by atoms with Gasteiger partial charge in [0, 0.05) is 0 Å².